The van der Waals surface area contributed by atoms with E-state index in [1.54, 1.807) is 0 Å². The Bertz CT molecular complexity index is 97.9. The van der Waals surface area contributed by atoms with Gasteiger partial charge in [-0.3, -0.25) is 4.79 Å². The molecule has 0 bridgehead atoms. The summed E-state index contributed by atoms with van der Waals surface area (Å²) in [5, 5.41) is 0. The number of ether oxygens (including phenoxy) is 1. The molecule has 0 spiro atoms. The maximum Gasteiger partial charge on any atom is 0.293 e. The average Bonchev–Trinajstić information content (AvgIpc) is 2.03. The molecule has 1 saturated heterocycles. The third kappa shape index (κ3) is 2.33. The fourth-order valence-electron chi connectivity index (χ4n) is 0.820. The Hall–Kier alpha value is -0.610. The predicted octanol–water partition coefficient (Wildman–Crippen LogP) is 0.270. The van der Waals surface area contributed by atoms with E-state index in [1.165, 1.54) is 0 Å². The minimum absolute atomic E-state index is 0.0704. The van der Waals surface area contributed by atoms with Crippen molar-refractivity contribution in [3.8, 4) is 0 Å². The second-order valence-corrected chi connectivity index (χ2v) is 2.11. The van der Waals surface area contributed by atoms with Gasteiger partial charge in [0.25, 0.3) is 6.47 Å². The van der Waals surface area contributed by atoms with Gasteiger partial charge in [-0.05, 0) is 12.8 Å². The first-order chi connectivity index (χ1) is 4.93. The van der Waals surface area contributed by atoms with E-state index in [9.17, 15) is 4.79 Å². The molecule has 1 aliphatic heterocycles. The SMILES string of the molecule is O=COCC1CCCOO1. The highest BCUT2D eigenvalue weighted by Crippen LogP contribution is 2.09. The van der Waals surface area contributed by atoms with Crippen LogP contribution in [0, 0.1) is 0 Å². The average molecular weight is 146 g/mol. The monoisotopic (exact) mass is 146 g/mol. The van der Waals surface area contributed by atoms with E-state index in [2.05, 4.69) is 9.62 Å². The van der Waals surface area contributed by atoms with Crippen molar-refractivity contribution in [1.82, 2.24) is 0 Å². The predicted molar refractivity (Wildman–Crippen MR) is 32.1 cm³/mol. The lowest BCUT2D eigenvalue weighted by Gasteiger charge is -2.19. The van der Waals surface area contributed by atoms with E-state index in [0.29, 0.717) is 19.7 Å². The smallest absolute Gasteiger partial charge is 0.293 e. The molecule has 1 aliphatic rings. The van der Waals surface area contributed by atoms with Gasteiger partial charge in [0.1, 0.15) is 12.7 Å². The van der Waals surface area contributed by atoms with Crippen LogP contribution < -0.4 is 0 Å². The summed E-state index contributed by atoms with van der Waals surface area (Å²) >= 11 is 0. The van der Waals surface area contributed by atoms with Gasteiger partial charge >= 0.3 is 0 Å². The van der Waals surface area contributed by atoms with Gasteiger partial charge in [0, 0.05) is 0 Å². The Labute approximate surface area is 59.0 Å². The van der Waals surface area contributed by atoms with E-state index in [0.717, 1.165) is 12.8 Å². The van der Waals surface area contributed by atoms with Crippen LogP contribution in [0.5, 0.6) is 0 Å². The largest absolute Gasteiger partial charge is 0.465 e. The molecule has 0 radical (unpaired) electrons. The zero-order valence-electron chi connectivity index (χ0n) is 5.62. The van der Waals surface area contributed by atoms with E-state index in [-0.39, 0.29) is 6.10 Å². The van der Waals surface area contributed by atoms with Crippen LogP contribution >= 0.6 is 0 Å². The lowest BCUT2D eigenvalue weighted by Crippen LogP contribution is -2.24. The van der Waals surface area contributed by atoms with Crippen LogP contribution in [-0.2, 0) is 19.3 Å². The molecule has 0 aromatic rings. The van der Waals surface area contributed by atoms with Gasteiger partial charge in [0.15, 0.2) is 0 Å². The zero-order valence-corrected chi connectivity index (χ0v) is 5.62. The van der Waals surface area contributed by atoms with Crippen molar-refractivity contribution in [3.05, 3.63) is 0 Å². The van der Waals surface area contributed by atoms with Crippen LogP contribution in [0.3, 0.4) is 0 Å². The summed E-state index contributed by atoms with van der Waals surface area (Å²) in [6.45, 7) is 1.35. The van der Waals surface area contributed by atoms with Gasteiger partial charge in [0.05, 0.1) is 6.61 Å². The first kappa shape index (κ1) is 7.50. The topological polar surface area (TPSA) is 44.8 Å². The van der Waals surface area contributed by atoms with Crippen LogP contribution in [0.2, 0.25) is 0 Å². The molecule has 1 atom stereocenters. The van der Waals surface area contributed by atoms with Crippen molar-refractivity contribution in [2.45, 2.75) is 18.9 Å². The van der Waals surface area contributed by atoms with Gasteiger partial charge < -0.3 is 4.74 Å². The van der Waals surface area contributed by atoms with E-state index < -0.39 is 0 Å². The first-order valence-electron chi connectivity index (χ1n) is 3.27. The molecule has 1 heterocycles. The van der Waals surface area contributed by atoms with Crippen molar-refractivity contribution < 1.29 is 19.3 Å². The highest BCUT2D eigenvalue weighted by atomic mass is 17.2. The normalized spacial score (nSPS) is 25.8. The summed E-state index contributed by atoms with van der Waals surface area (Å²) in [5.41, 5.74) is 0. The van der Waals surface area contributed by atoms with Crippen molar-refractivity contribution in [3.63, 3.8) is 0 Å². The fourth-order valence-corrected chi connectivity index (χ4v) is 0.820. The Balaban J connectivity index is 2.07. The second-order valence-electron chi connectivity index (χ2n) is 2.11. The van der Waals surface area contributed by atoms with Crippen molar-refractivity contribution in [1.29, 1.82) is 0 Å². The Morgan fingerprint density at radius 3 is 3.20 bits per heavy atom. The molecule has 0 aliphatic carbocycles. The third-order valence-electron chi connectivity index (χ3n) is 1.31. The molecular formula is C6H10O4. The second kappa shape index (κ2) is 4.24. The van der Waals surface area contributed by atoms with Crippen molar-refractivity contribution in [2.24, 2.45) is 0 Å². The summed E-state index contributed by atoms with van der Waals surface area (Å²) in [6, 6.07) is 0. The van der Waals surface area contributed by atoms with Gasteiger partial charge in [-0.25, -0.2) is 9.78 Å². The van der Waals surface area contributed by atoms with Crippen LogP contribution in [0.1, 0.15) is 12.8 Å². The highest BCUT2D eigenvalue weighted by molar-refractivity contribution is 5.36. The number of hydrogen-bond donors (Lipinski definition) is 0. The molecule has 0 amide bonds. The summed E-state index contributed by atoms with van der Waals surface area (Å²) in [7, 11) is 0. The van der Waals surface area contributed by atoms with Gasteiger partial charge in [-0.1, -0.05) is 0 Å². The van der Waals surface area contributed by atoms with Gasteiger partial charge in [-0.15, -0.1) is 0 Å². The van der Waals surface area contributed by atoms with E-state index in [1.807, 2.05) is 0 Å². The first-order valence-corrected chi connectivity index (χ1v) is 3.27. The molecule has 0 aromatic heterocycles. The maximum absolute atomic E-state index is 9.73. The van der Waals surface area contributed by atoms with E-state index in [4.69, 9.17) is 4.89 Å². The molecule has 0 saturated carbocycles. The van der Waals surface area contributed by atoms with Crippen LogP contribution in [0.25, 0.3) is 0 Å². The lowest BCUT2D eigenvalue weighted by molar-refractivity contribution is -0.348. The number of hydrogen-bond acceptors (Lipinski definition) is 4. The van der Waals surface area contributed by atoms with Gasteiger partial charge in [-0.2, -0.15) is 0 Å². The summed E-state index contributed by atoms with van der Waals surface area (Å²) in [4.78, 5) is 19.2. The maximum atomic E-state index is 9.73. The van der Waals surface area contributed by atoms with Crippen molar-refractivity contribution in [2.75, 3.05) is 13.2 Å². The van der Waals surface area contributed by atoms with Crippen molar-refractivity contribution >= 4 is 6.47 Å². The highest BCUT2D eigenvalue weighted by Gasteiger charge is 2.14. The molecule has 0 N–H and O–H groups in total. The molecule has 1 fully saturated rings. The molecule has 1 rings (SSSR count). The molecule has 58 valence electrons. The summed E-state index contributed by atoms with van der Waals surface area (Å²) in [5.74, 6) is 0. The third-order valence-corrected chi connectivity index (χ3v) is 1.31. The fraction of sp³-hybridized carbons (Fsp3) is 0.833. The molecule has 0 aromatic carbocycles. The molecule has 10 heavy (non-hydrogen) atoms. The molecule has 4 heteroatoms. The minimum atomic E-state index is -0.0704. The number of carbonyl (C=O) groups excluding carboxylic acids is 1. The van der Waals surface area contributed by atoms with Gasteiger partial charge in [0.2, 0.25) is 0 Å². The minimum Gasteiger partial charge on any atom is -0.465 e. The standard InChI is InChI=1S/C6H10O4/c7-5-8-4-6-2-1-3-9-10-6/h5-6H,1-4H2. The number of carbonyl (C=O) groups is 1. The summed E-state index contributed by atoms with van der Waals surface area (Å²) < 4.78 is 4.49. The summed E-state index contributed by atoms with van der Waals surface area (Å²) in [6.07, 6.45) is 1.79. The Morgan fingerprint density at radius 1 is 1.70 bits per heavy atom. The quantitative estimate of drug-likeness (QED) is 0.423. The lowest BCUT2D eigenvalue weighted by atomic mass is 10.2. The number of rotatable bonds is 3. The Kier molecular flexibility index (Phi) is 3.18. The zero-order chi connectivity index (χ0) is 7.23. The molecule has 1 unspecified atom stereocenters. The Morgan fingerprint density at radius 2 is 2.60 bits per heavy atom. The molecular weight excluding hydrogens is 136 g/mol. The van der Waals surface area contributed by atoms with Crippen LogP contribution in [0.4, 0.5) is 0 Å². The van der Waals surface area contributed by atoms with Crippen LogP contribution in [-0.4, -0.2) is 25.8 Å². The van der Waals surface area contributed by atoms with Crippen LogP contribution in [0.15, 0.2) is 0 Å². The molecule has 4 nitrogen and oxygen atoms in total. The van der Waals surface area contributed by atoms with E-state index >= 15 is 0 Å².